The number of aromatic nitrogens is 7. The van der Waals surface area contributed by atoms with E-state index >= 15 is 0 Å². The molecule has 0 saturated carbocycles. The fourth-order valence-corrected chi connectivity index (χ4v) is 12.2. The first-order valence-corrected chi connectivity index (χ1v) is 36.4. The van der Waals surface area contributed by atoms with Gasteiger partial charge in [-0.1, -0.05) is 38.8 Å². The zero-order chi connectivity index (χ0) is 73.7. The monoisotopic (exact) mass is 1500 g/mol. The number of hydrogen-bond donors (Lipinski definition) is 8. The molecule has 0 saturated heterocycles. The number of fused-ring (bicyclic) bond motifs is 2. The summed E-state index contributed by atoms with van der Waals surface area (Å²) in [5.41, 5.74) is 0.0336. The molecule has 0 aliphatic carbocycles. The topological polar surface area (TPSA) is 493 Å². The highest BCUT2D eigenvalue weighted by molar-refractivity contribution is 7.94. The van der Waals surface area contributed by atoms with Crippen LogP contribution in [-0.2, 0) is 67.9 Å². The highest BCUT2D eigenvalue weighted by atomic mass is 32.2. The van der Waals surface area contributed by atoms with Crippen molar-refractivity contribution in [3.8, 4) is 41.6 Å². The first-order valence-electron chi connectivity index (χ1n) is 26.8. The Morgan fingerprint density at radius 2 is 1.39 bits per heavy atom. The molecule has 98 heavy (non-hydrogen) atoms. The van der Waals surface area contributed by atoms with E-state index in [0.717, 1.165) is 43.2 Å². The van der Waals surface area contributed by atoms with Gasteiger partial charge in [0.2, 0.25) is 40.2 Å². The predicted molar refractivity (Wildman–Crippen MR) is 336 cm³/mol. The summed E-state index contributed by atoms with van der Waals surface area (Å²) in [6, 6.07) is 8.46. The maximum atomic E-state index is 14.5. The van der Waals surface area contributed by atoms with E-state index in [9.17, 15) is 80.6 Å². The first kappa shape index (κ1) is 81.0. The van der Waals surface area contributed by atoms with Crippen LogP contribution in [0.2, 0.25) is 0 Å². The van der Waals surface area contributed by atoms with Gasteiger partial charge in [0.25, 0.3) is 26.0 Å². The van der Waals surface area contributed by atoms with Crippen molar-refractivity contribution in [3.05, 3.63) is 88.9 Å². The highest BCUT2D eigenvalue weighted by Crippen LogP contribution is 2.38. The molecule has 6 heterocycles. The number of nitrogens with one attached hydrogen (secondary N) is 5. The number of ether oxygens (including phenoxy) is 5. The van der Waals surface area contributed by atoms with Gasteiger partial charge in [-0.2, -0.15) is 50.3 Å². The molecule has 0 bridgehead atoms. The van der Waals surface area contributed by atoms with Crippen LogP contribution >= 0.6 is 19.1 Å². The van der Waals surface area contributed by atoms with E-state index in [1.54, 1.807) is 10.0 Å². The van der Waals surface area contributed by atoms with Crippen LogP contribution in [0.3, 0.4) is 0 Å². The van der Waals surface area contributed by atoms with Crippen molar-refractivity contribution >= 4 is 113 Å². The minimum atomic E-state index is -4.71. The van der Waals surface area contributed by atoms with Crippen molar-refractivity contribution in [1.82, 2.24) is 48.6 Å². The summed E-state index contributed by atoms with van der Waals surface area (Å²) in [4.78, 5) is 98.0. The molecule has 0 spiro atoms. The largest absolute Gasteiger partial charge is 0.778 e. The number of rotatable bonds is 21. The maximum absolute atomic E-state index is 14.5. The van der Waals surface area contributed by atoms with Gasteiger partial charge in [0.05, 0.1) is 81.5 Å². The molecule has 534 valence electrons. The summed E-state index contributed by atoms with van der Waals surface area (Å²) in [5, 5.41) is 22.0. The van der Waals surface area contributed by atoms with Crippen LogP contribution < -0.4 is 63.7 Å². The number of pyridine rings is 1. The second-order valence-electron chi connectivity index (χ2n) is 20.0. The standard InChI is InChI=1S/C18H17FN4O2S.C14H10F4N4O7S.C14H17N5O7S2.C3H8NO5P.C3H9S/c1-4-5-22-13-7-12(11(19)6-14(13)25-9-16(22)24)20-17-23-10-18(2,3)8-15(23)21-26-17;15-11(16)28-8-5-9(29-12(17)18)20-13(19-8)21-14(25)22-30(26,27)7-4-2-1-3-6(7)10(23)24;1-4-27(21,22)9-6-5-7-15-12(9)28(23,24)19-14(20)18-13-16-10(25-2)8-11(17-13)26-3;5-3(6)1-4-2-10(7,8)9;1-4(2)3/h1,6-7H,5,8-10H2,2-3H3;1-5,11-12H,(H,23,24)(H2,19,20,21,22,25);5-8H,4H2,1-3H3,(H2,16,17,18,19,20);4H,1-2H2,(H,5,6)(H2,7,8,9);1-3H3/q;;;;+1/p-1/b20-17-;;;;. The van der Waals surface area contributed by atoms with Gasteiger partial charge in [0.1, 0.15) is 34.6 Å². The van der Waals surface area contributed by atoms with Gasteiger partial charge in [0.15, 0.2) is 27.3 Å². The third-order valence-electron chi connectivity index (χ3n) is 11.2. The predicted octanol–water partition coefficient (Wildman–Crippen LogP) is 3.00. The number of carboxylic acid groups (broad SMARTS) is 2. The molecule has 4 aromatic heterocycles. The van der Waals surface area contributed by atoms with E-state index in [-0.39, 0.29) is 53.6 Å². The lowest BCUT2D eigenvalue weighted by molar-refractivity contribution is -0.193. The number of halogens is 5. The number of benzene rings is 2. The number of anilines is 3. The number of nitrogens with zero attached hydrogens (tertiary/aromatic N) is 9. The summed E-state index contributed by atoms with van der Waals surface area (Å²) < 4.78 is 180. The number of carbonyl (C=O) groups is 5. The normalized spacial score (nSPS) is 13.6. The molecule has 2 aromatic carbocycles. The van der Waals surface area contributed by atoms with Crippen LogP contribution in [0.15, 0.2) is 86.7 Å². The van der Waals surface area contributed by atoms with E-state index < -0.39 is 131 Å². The Morgan fingerprint density at radius 1 is 0.857 bits per heavy atom. The molecule has 1 atom stereocenters. The smallest absolute Gasteiger partial charge is 0.388 e. The zero-order valence-corrected chi connectivity index (χ0v) is 57.1. The van der Waals surface area contributed by atoms with Crippen molar-refractivity contribution < 1.29 is 119 Å². The number of sulfonamides is 2. The van der Waals surface area contributed by atoms with Gasteiger partial charge in [-0.25, -0.2) is 55.0 Å². The van der Waals surface area contributed by atoms with Crippen molar-refractivity contribution in [2.24, 2.45) is 10.4 Å². The van der Waals surface area contributed by atoms with Gasteiger partial charge in [0, 0.05) is 36.8 Å². The average Bonchev–Trinajstić information content (AvgIpc) is 1.21. The third-order valence-corrected chi connectivity index (χ3v) is 17.2. The molecule has 46 heteroatoms. The second-order valence-corrected chi connectivity index (χ2v) is 30.3. The van der Waals surface area contributed by atoms with Crippen molar-refractivity contribution in [2.75, 3.05) is 80.3 Å². The van der Waals surface area contributed by atoms with Gasteiger partial charge in [-0.15, -0.1) is 6.42 Å². The van der Waals surface area contributed by atoms with Crippen LogP contribution in [0.25, 0.3) is 0 Å². The minimum Gasteiger partial charge on any atom is -0.778 e. The molecule has 6 aromatic rings. The minimum absolute atomic E-state index is 0.0612. The Balaban J connectivity index is 0.000000284. The lowest BCUT2D eigenvalue weighted by atomic mass is 9.92. The molecular weight excluding hydrogens is 1440 g/mol. The zero-order valence-electron chi connectivity index (χ0n) is 52.1. The van der Waals surface area contributed by atoms with Crippen LogP contribution in [-0.4, -0.2) is 182 Å². The second kappa shape index (κ2) is 35.7. The molecular formula is C52H60F5N14O21PS5. The third kappa shape index (κ3) is 25.5. The number of urea groups is 2. The number of alkyl halides is 4. The lowest BCUT2D eigenvalue weighted by Gasteiger charge is -2.28. The van der Waals surface area contributed by atoms with Gasteiger partial charge < -0.3 is 52.8 Å². The number of carboxylic acids is 2. The Hall–Kier alpha value is -9.42. The van der Waals surface area contributed by atoms with E-state index in [2.05, 4.69) is 87.6 Å². The Bertz CT molecular complexity index is 4340. The summed E-state index contributed by atoms with van der Waals surface area (Å²) in [6.45, 7) is -0.889. The molecule has 2 aliphatic heterocycles. The number of sulfone groups is 1. The van der Waals surface area contributed by atoms with Gasteiger partial charge in [-0.3, -0.25) is 30.4 Å². The fourth-order valence-electron chi connectivity index (χ4n) is 7.43. The number of methoxy groups -OCH3 is 2. The van der Waals surface area contributed by atoms with E-state index in [1.165, 1.54) is 78.7 Å². The number of amides is 5. The van der Waals surface area contributed by atoms with Crippen LogP contribution in [0.4, 0.5) is 54.8 Å². The Kier molecular flexibility index (Phi) is 29.5. The number of aliphatic carboxylic acids is 1. The summed E-state index contributed by atoms with van der Waals surface area (Å²) in [5.74, 6) is -3.23. The molecule has 5 amide bonds. The summed E-state index contributed by atoms with van der Waals surface area (Å²) in [6.07, 6.45) is 13.2. The molecule has 8 rings (SSSR count). The fraction of sp³-hybridized carbons (Fsp3) is 0.346. The number of aromatic carboxylic acids is 1. The molecule has 2 aliphatic rings. The van der Waals surface area contributed by atoms with E-state index in [1.807, 2.05) is 9.88 Å². The van der Waals surface area contributed by atoms with Crippen LogP contribution in [0.1, 0.15) is 37.0 Å². The van der Waals surface area contributed by atoms with E-state index in [4.69, 9.17) is 35.7 Å². The molecule has 35 nitrogen and oxygen atoms in total. The summed E-state index contributed by atoms with van der Waals surface area (Å²) in [7, 11) is -14.3. The quantitative estimate of drug-likeness (QED) is 0.0222. The maximum Gasteiger partial charge on any atom is 0.388 e. The Labute approximate surface area is 561 Å². The van der Waals surface area contributed by atoms with Gasteiger partial charge in [-0.05, 0) is 46.6 Å². The van der Waals surface area contributed by atoms with E-state index in [0.29, 0.717) is 33.2 Å². The molecule has 8 N–H and O–H groups in total. The highest BCUT2D eigenvalue weighted by Gasteiger charge is 2.33. The molecule has 0 fully saturated rings. The van der Waals surface area contributed by atoms with Crippen LogP contribution in [0, 0.1) is 23.6 Å². The SMILES string of the molecule is C#CCN1C(=O)COc2cc(F)c(/N=c3\snc4n3CC(C)(C)C4)cc21.CCS(=O)(=O)c1cccnc1S(=O)(=O)NC(=O)Nc1nc(OC)cc(OC)n1.C[S+](C)C.O=C(Nc1nc(OC(F)F)cc(OC(F)F)n1)NS(=O)(=O)c1ccccc1C(=O)O.O=C(O)CNCP(=O)([O-])O. The first-order chi connectivity index (χ1) is 45.6. The molecule has 0 radical (unpaired) electrons. The lowest BCUT2D eigenvalue weighted by Crippen LogP contribution is -2.39. The van der Waals surface area contributed by atoms with Gasteiger partial charge >= 0.3 is 37.2 Å². The van der Waals surface area contributed by atoms with Crippen molar-refractivity contribution in [1.29, 1.82) is 0 Å². The number of carbonyl (C=O) groups excluding carboxylic acids is 3. The van der Waals surface area contributed by atoms with Crippen molar-refractivity contribution in [3.63, 3.8) is 0 Å². The Morgan fingerprint density at radius 3 is 1.90 bits per heavy atom. The number of hydrogen-bond acceptors (Lipinski definition) is 27. The van der Waals surface area contributed by atoms with Crippen LogP contribution in [0.5, 0.6) is 29.3 Å². The number of terminal acetylenes is 1. The summed E-state index contributed by atoms with van der Waals surface area (Å²) >= 11 is 1.24. The van der Waals surface area contributed by atoms with Crippen molar-refractivity contribution in [2.45, 2.75) is 61.8 Å². The average molecular weight is 1500 g/mol. The molecule has 1 unspecified atom stereocenters.